The van der Waals surface area contributed by atoms with Gasteiger partial charge in [0.25, 0.3) is 0 Å². The van der Waals surface area contributed by atoms with Gasteiger partial charge in [-0.25, -0.2) is 8.42 Å². The molecule has 1 N–H and O–H groups in total. The second-order valence-corrected chi connectivity index (χ2v) is 7.83. The maximum atomic E-state index is 13.0. The van der Waals surface area contributed by atoms with E-state index in [-0.39, 0.29) is 22.3 Å². The number of hydrogen-bond donors (Lipinski definition) is 1. The van der Waals surface area contributed by atoms with Crippen LogP contribution in [0.25, 0.3) is 0 Å². The minimum absolute atomic E-state index is 0.0632. The minimum Gasteiger partial charge on any atom is -0.315 e. The summed E-state index contributed by atoms with van der Waals surface area (Å²) in [5.74, 6) is -0.285. The van der Waals surface area contributed by atoms with Crippen molar-refractivity contribution in [1.29, 1.82) is 0 Å². The van der Waals surface area contributed by atoms with Gasteiger partial charge in [-0.3, -0.25) is 4.79 Å². The monoisotopic (exact) mass is 344 g/mol. The van der Waals surface area contributed by atoms with Crippen molar-refractivity contribution in [1.82, 2.24) is 9.62 Å². The van der Waals surface area contributed by atoms with Crippen LogP contribution in [0.1, 0.15) is 22.3 Å². The average molecular weight is 344 g/mol. The molecule has 1 aliphatic rings. The van der Waals surface area contributed by atoms with Crippen molar-refractivity contribution in [2.75, 3.05) is 20.1 Å². The van der Waals surface area contributed by atoms with Gasteiger partial charge < -0.3 is 5.32 Å². The van der Waals surface area contributed by atoms with E-state index >= 15 is 0 Å². The lowest BCUT2D eigenvalue weighted by Gasteiger charge is -2.24. The van der Waals surface area contributed by atoms with Crippen LogP contribution >= 0.6 is 0 Å². The summed E-state index contributed by atoms with van der Waals surface area (Å²) in [6.45, 7) is 1.43. The highest BCUT2D eigenvalue weighted by molar-refractivity contribution is 7.89. The number of nitrogens with zero attached hydrogens (tertiary/aromatic N) is 1. The van der Waals surface area contributed by atoms with E-state index in [1.54, 1.807) is 49.5 Å². The van der Waals surface area contributed by atoms with Gasteiger partial charge in [-0.15, -0.1) is 0 Å². The number of carbonyl (C=O) groups excluding carboxylic acids is 1. The molecule has 0 saturated carbocycles. The normalized spacial score (nSPS) is 18.0. The first kappa shape index (κ1) is 16.8. The van der Waals surface area contributed by atoms with Crippen molar-refractivity contribution in [2.24, 2.45) is 0 Å². The number of likely N-dealkylation sites (N-methyl/N-ethyl adjacent to an activating group) is 1. The lowest BCUT2D eigenvalue weighted by Crippen LogP contribution is -2.38. The molecule has 1 fully saturated rings. The van der Waals surface area contributed by atoms with Gasteiger partial charge in [0.05, 0.1) is 4.90 Å². The average Bonchev–Trinajstić information content (AvgIpc) is 3.15. The molecule has 1 unspecified atom stereocenters. The Hall–Kier alpha value is -2.02. The van der Waals surface area contributed by atoms with Crippen molar-refractivity contribution < 1.29 is 13.2 Å². The summed E-state index contributed by atoms with van der Waals surface area (Å²) in [6, 6.07) is 15.1. The van der Waals surface area contributed by atoms with Gasteiger partial charge in [-0.2, -0.15) is 4.31 Å². The van der Waals surface area contributed by atoms with E-state index in [0.717, 1.165) is 13.0 Å². The predicted octanol–water partition coefficient (Wildman–Crippen LogP) is 1.90. The molecule has 0 aromatic heterocycles. The van der Waals surface area contributed by atoms with Crippen LogP contribution in [0.5, 0.6) is 0 Å². The highest BCUT2D eigenvalue weighted by atomic mass is 32.2. The maximum Gasteiger partial charge on any atom is 0.243 e. The number of hydrogen-bond acceptors (Lipinski definition) is 4. The fourth-order valence-electron chi connectivity index (χ4n) is 2.93. The third-order valence-electron chi connectivity index (χ3n) is 4.37. The Balaban J connectivity index is 2.01. The van der Waals surface area contributed by atoms with Crippen molar-refractivity contribution in [3.05, 3.63) is 65.7 Å². The second-order valence-electron chi connectivity index (χ2n) is 5.86. The summed E-state index contributed by atoms with van der Waals surface area (Å²) in [4.78, 5) is 12.8. The Bertz CT molecular complexity index is 828. The van der Waals surface area contributed by atoms with Gasteiger partial charge in [0.15, 0.2) is 5.78 Å². The molecule has 126 valence electrons. The topological polar surface area (TPSA) is 66.5 Å². The molecular weight excluding hydrogens is 324 g/mol. The first-order chi connectivity index (χ1) is 11.5. The van der Waals surface area contributed by atoms with Crippen LogP contribution in [-0.2, 0) is 10.0 Å². The van der Waals surface area contributed by atoms with Crippen LogP contribution in [0.15, 0.2) is 59.5 Å². The number of rotatable bonds is 5. The zero-order valence-electron chi connectivity index (χ0n) is 13.5. The van der Waals surface area contributed by atoms with E-state index in [9.17, 15) is 13.2 Å². The molecule has 6 heteroatoms. The standard InChI is InChI=1S/C18H20N2O3S/c1-20(15-11-12-19-13-15)24(22,23)17-10-6-5-9-16(17)18(21)14-7-3-2-4-8-14/h2-10,15,19H,11-13H2,1H3. The van der Waals surface area contributed by atoms with Crippen LogP contribution in [0.4, 0.5) is 0 Å². The molecule has 24 heavy (non-hydrogen) atoms. The number of carbonyl (C=O) groups is 1. The Labute approximate surface area is 142 Å². The molecule has 0 amide bonds. The molecule has 0 aliphatic carbocycles. The molecule has 0 radical (unpaired) electrons. The van der Waals surface area contributed by atoms with Gasteiger partial charge in [0.2, 0.25) is 10.0 Å². The highest BCUT2D eigenvalue weighted by Crippen LogP contribution is 2.24. The van der Waals surface area contributed by atoms with E-state index in [1.165, 1.54) is 10.4 Å². The summed E-state index contributed by atoms with van der Waals surface area (Å²) in [6.07, 6.45) is 0.768. The van der Waals surface area contributed by atoms with E-state index in [1.807, 2.05) is 6.07 Å². The third-order valence-corrected chi connectivity index (χ3v) is 6.34. The van der Waals surface area contributed by atoms with Gasteiger partial charge in [0, 0.05) is 30.8 Å². The number of benzene rings is 2. The zero-order valence-corrected chi connectivity index (χ0v) is 14.3. The summed E-state index contributed by atoms with van der Waals surface area (Å²) in [7, 11) is -2.15. The SMILES string of the molecule is CN(C1CCNC1)S(=O)(=O)c1ccccc1C(=O)c1ccccc1. The molecule has 3 rings (SSSR count). The van der Waals surface area contributed by atoms with Crippen LogP contribution in [-0.4, -0.2) is 44.7 Å². The molecule has 0 bridgehead atoms. The lowest BCUT2D eigenvalue weighted by molar-refractivity contribution is 0.103. The second kappa shape index (κ2) is 6.84. The quantitative estimate of drug-likeness (QED) is 0.842. The van der Waals surface area contributed by atoms with Crippen molar-refractivity contribution >= 4 is 15.8 Å². The van der Waals surface area contributed by atoms with Crippen LogP contribution in [0.3, 0.4) is 0 Å². The molecule has 5 nitrogen and oxygen atoms in total. The Morgan fingerprint density at radius 2 is 1.75 bits per heavy atom. The molecule has 2 aromatic rings. The first-order valence-corrected chi connectivity index (χ1v) is 9.33. The minimum atomic E-state index is -3.73. The molecular formula is C18H20N2O3S. The molecule has 2 aromatic carbocycles. The van der Waals surface area contributed by atoms with Crippen molar-refractivity contribution in [3.63, 3.8) is 0 Å². The summed E-state index contributed by atoms with van der Waals surface area (Å²) in [5, 5.41) is 3.17. The van der Waals surface area contributed by atoms with Crippen LogP contribution in [0.2, 0.25) is 0 Å². The zero-order chi connectivity index (χ0) is 17.2. The maximum absolute atomic E-state index is 13.0. The van der Waals surface area contributed by atoms with E-state index in [0.29, 0.717) is 12.1 Å². The van der Waals surface area contributed by atoms with Crippen molar-refractivity contribution in [2.45, 2.75) is 17.4 Å². The fourth-order valence-corrected chi connectivity index (χ4v) is 4.50. The van der Waals surface area contributed by atoms with E-state index in [4.69, 9.17) is 0 Å². The van der Waals surface area contributed by atoms with Gasteiger partial charge in [0.1, 0.15) is 0 Å². The molecule has 0 spiro atoms. The molecule has 1 heterocycles. The predicted molar refractivity (Wildman–Crippen MR) is 92.5 cm³/mol. The first-order valence-electron chi connectivity index (χ1n) is 7.89. The number of ketones is 1. The summed E-state index contributed by atoms with van der Waals surface area (Å²) in [5.41, 5.74) is 0.687. The van der Waals surface area contributed by atoms with Crippen LogP contribution < -0.4 is 5.32 Å². The van der Waals surface area contributed by atoms with Gasteiger partial charge in [-0.1, -0.05) is 42.5 Å². The summed E-state index contributed by atoms with van der Waals surface area (Å²) < 4.78 is 27.4. The van der Waals surface area contributed by atoms with E-state index < -0.39 is 10.0 Å². The Morgan fingerprint density at radius 1 is 1.08 bits per heavy atom. The van der Waals surface area contributed by atoms with Gasteiger partial charge >= 0.3 is 0 Å². The Morgan fingerprint density at radius 3 is 2.42 bits per heavy atom. The largest absolute Gasteiger partial charge is 0.315 e. The Kier molecular flexibility index (Phi) is 4.80. The molecule has 1 aliphatic heterocycles. The number of nitrogens with one attached hydrogen (secondary N) is 1. The van der Waals surface area contributed by atoms with E-state index in [2.05, 4.69) is 5.32 Å². The summed E-state index contributed by atoms with van der Waals surface area (Å²) >= 11 is 0. The highest BCUT2D eigenvalue weighted by Gasteiger charge is 2.32. The van der Waals surface area contributed by atoms with Crippen molar-refractivity contribution in [3.8, 4) is 0 Å². The molecule has 1 saturated heterocycles. The molecule has 1 atom stereocenters. The number of sulfonamides is 1. The lowest BCUT2D eigenvalue weighted by atomic mass is 10.0. The van der Waals surface area contributed by atoms with Crippen LogP contribution in [0, 0.1) is 0 Å². The fraction of sp³-hybridized carbons (Fsp3) is 0.278. The smallest absolute Gasteiger partial charge is 0.243 e. The van der Waals surface area contributed by atoms with Gasteiger partial charge in [-0.05, 0) is 25.1 Å². The third kappa shape index (κ3) is 3.13.